The van der Waals surface area contributed by atoms with Crippen molar-refractivity contribution in [2.45, 2.75) is 39.4 Å². The molecule has 1 atom stereocenters. The van der Waals surface area contributed by atoms with Gasteiger partial charge in [-0.3, -0.25) is 9.36 Å². The zero-order chi connectivity index (χ0) is 23.6. The summed E-state index contributed by atoms with van der Waals surface area (Å²) in [5.74, 6) is 0.884. The number of aryl methyl sites for hydroxylation is 1. The van der Waals surface area contributed by atoms with Crippen LogP contribution in [0.1, 0.15) is 25.3 Å². The molecular weight excluding hydrogens is 431 g/mol. The molecule has 1 aliphatic rings. The zero-order valence-corrected chi connectivity index (χ0v) is 18.9. The van der Waals surface area contributed by atoms with Gasteiger partial charge in [0.2, 0.25) is 0 Å². The number of aromatic nitrogens is 2. The second-order valence-electron chi connectivity index (χ2n) is 8.65. The van der Waals surface area contributed by atoms with Crippen molar-refractivity contribution in [2.75, 3.05) is 26.2 Å². The first kappa shape index (κ1) is 23.3. The van der Waals surface area contributed by atoms with Gasteiger partial charge >= 0.3 is 6.18 Å². The van der Waals surface area contributed by atoms with Crippen molar-refractivity contribution < 1.29 is 17.9 Å². The molecule has 1 saturated heterocycles. The van der Waals surface area contributed by atoms with E-state index < -0.39 is 12.8 Å². The highest BCUT2D eigenvalue weighted by atomic mass is 19.4. The molecule has 1 aliphatic heterocycles. The normalized spacial score (nSPS) is 17.4. The molecular formula is C25H28F3N3O2. The second kappa shape index (κ2) is 9.55. The summed E-state index contributed by atoms with van der Waals surface area (Å²) < 4.78 is 44.3. The molecule has 3 aromatic rings. The number of hydrogen-bond acceptors (Lipinski definition) is 4. The summed E-state index contributed by atoms with van der Waals surface area (Å²) in [6.45, 7) is 6.14. The van der Waals surface area contributed by atoms with E-state index in [9.17, 15) is 18.0 Å². The Hall–Kier alpha value is -2.87. The van der Waals surface area contributed by atoms with Crippen LogP contribution in [0, 0.1) is 12.8 Å². The first-order valence-corrected chi connectivity index (χ1v) is 11.3. The molecule has 1 aromatic heterocycles. The number of ether oxygens (including phenoxy) is 1. The Morgan fingerprint density at radius 2 is 1.97 bits per heavy atom. The van der Waals surface area contributed by atoms with Gasteiger partial charge in [-0.1, -0.05) is 31.2 Å². The van der Waals surface area contributed by atoms with E-state index >= 15 is 0 Å². The number of rotatable bonds is 6. The van der Waals surface area contributed by atoms with Crippen molar-refractivity contribution in [1.29, 1.82) is 0 Å². The summed E-state index contributed by atoms with van der Waals surface area (Å²) in [6, 6.07) is 12.1. The van der Waals surface area contributed by atoms with E-state index in [-0.39, 0.29) is 16.7 Å². The van der Waals surface area contributed by atoms with E-state index in [1.807, 2.05) is 31.2 Å². The zero-order valence-electron chi connectivity index (χ0n) is 18.9. The number of fused-ring (bicyclic) bond motifs is 1. The van der Waals surface area contributed by atoms with E-state index in [1.54, 1.807) is 10.6 Å². The summed E-state index contributed by atoms with van der Waals surface area (Å²) >= 11 is 0. The lowest BCUT2D eigenvalue weighted by Crippen LogP contribution is -2.38. The molecule has 2 heterocycles. The molecule has 1 fully saturated rings. The maximum absolute atomic E-state index is 13.6. The Kier molecular flexibility index (Phi) is 6.74. The van der Waals surface area contributed by atoms with Crippen LogP contribution in [-0.4, -0.2) is 46.9 Å². The van der Waals surface area contributed by atoms with E-state index in [0.29, 0.717) is 23.8 Å². The van der Waals surface area contributed by atoms with Crippen LogP contribution in [0.3, 0.4) is 0 Å². The summed E-state index contributed by atoms with van der Waals surface area (Å²) in [5, 5.41) is 0.259. The quantitative estimate of drug-likeness (QED) is 0.518. The van der Waals surface area contributed by atoms with Crippen LogP contribution in [0.25, 0.3) is 22.3 Å². The molecule has 0 bridgehead atoms. The summed E-state index contributed by atoms with van der Waals surface area (Å²) in [6.07, 6.45) is -2.36. The maximum Gasteiger partial charge on any atom is 0.422 e. The third-order valence-corrected chi connectivity index (χ3v) is 6.21. The summed E-state index contributed by atoms with van der Waals surface area (Å²) in [5.41, 5.74) is 2.05. The Morgan fingerprint density at radius 1 is 1.18 bits per heavy atom. The number of nitrogens with zero attached hydrogens (tertiary/aromatic N) is 3. The van der Waals surface area contributed by atoms with Gasteiger partial charge in [-0.15, -0.1) is 0 Å². The van der Waals surface area contributed by atoms with E-state index in [2.05, 4.69) is 11.8 Å². The predicted octanol–water partition coefficient (Wildman–Crippen LogP) is 5.04. The van der Waals surface area contributed by atoms with Crippen LogP contribution in [0.5, 0.6) is 5.75 Å². The van der Waals surface area contributed by atoms with Crippen molar-refractivity contribution in [3.63, 3.8) is 0 Å². The molecule has 0 amide bonds. The average Bonchev–Trinajstić information content (AvgIpc) is 2.79. The van der Waals surface area contributed by atoms with E-state index in [4.69, 9.17) is 9.72 Å². The van der Waals surface area contributed by atoms with Gasteiger partial charge in [-0.25, -0.2) is 4.98 Å². The van der Waals surface area contributed by atoms with Gasteiger partial charge in [0.05, 0.1) is 10.9 Å². The van der Waals surface area contributed by atoms with Gasteiger partial charge in [-0.2, -0.15) is 13.2 Å². The Balaban J connectivity index is 1.80. The van der Waals surface area contributed by atoms with Crippen LogP contribution < -0.4 is 10.3 Å². The topological polar surface area (TPSA) is 47.4 Å². The van der Waals surface area contributed by atoms with Gasteiger partial charge in [0, 0.05) is 18.7 Å². The smallest absolute Gasteiger partial charge is 0.422 e. The molecule has 8 heteroatoms. The third-order valence-electron chi connectivity index (χ3n) is 6.21. The lowest BCUT2D eigenvalue weighted by Gasteiger charge is -2.32. The van der Waals surface area contributed by atoms with Crippen LogP contribution >= 0.6 is 0 Å². The van der Waals surface area contributed by atoms with Gasteiger partial charge < -0.3 is 9.64 Å². The van der Waals surface area contributed by atoms with Gasteiger partial charge in [0.15, 0.2) is 6.61 Å². The predicted molar refractivity (Wildman–Crippen MR) is 123 cm³/mol. The summed E-state index contributed by atoms with van der Waals surface area (Å²) in [7, 11) is 0. The number of halogens is 3. The second-order valence-corrected chi connectivity index (χ2v) is 8.65. The number of benzene rings is 2. The minimum absolute atomic E-state index is 0.00346. The van der Waals surface area contributed by atoms with Crippen molar-refractivity contribution in [2.24, 2.45) is 5.92 Å². The number of hydrogen-bond donors (Lipinski definition) is 0. The molecule has 0 N–H and O–H groups in total. The molecule has 176 valence electrons. The van der Waals surface area contributed by atoms with Gasteiger partial charge in [0.1, 0.15) is 11.6 Å². The van der Waals surface area contributed by atoms with Crippen LogP contribution in [0.2, 0.25) is 0 Å². The molecule has 0 aliphatic carbocycles. The first-order chi connectivity index (χ1) is 15.7. The van der Waals surface area contributed by atoms with Crippen molar-refractivity contribution in [3.05, 3.63) is 58.4 Å². The lowest BCUT2D eigenvalue weighted by atomic mass is 9.97. The fraction of sp³-hybridized carbons (Fsp3) is 0.440. The van der Waals surface area contributed by atoms with Gasteiger partial charge in [-0.05, 0) is 62.5 Å². The third kappa shape index (κ3) is 5.38. The number of likely N-dealkylation sites (tertiary alicyclic amines) is 1. The highest BCUT2D eigenvalue weighted by Crippen LogP contribution is 2.27. The SMILES string of the molecule is CCN1CCC[C@H](Cn2c(-c3ccccc3C)nc3ccc(OCC(F)(F)F)cc3c2=O)C1. The molecule has 0 unspecified atom stereocenters. The maximum atomic E-state index is 13.6. The van der Waals surface area contributed by atoms with E-state index in [1.165, 1.54) is 12.1 Å². The molecule has 4 rings (SSSR count). The Morgan fingerprint density at radius 3 is 2.70 bits per heavy atom. The largest absolute Gasteiger partial charge is 0.484 e. The minimum Gasteiger partial charge on any atom is -0.484 e. The highest BCUT2D eigenvalue weighted by Gasteiger charge is 2.28. The highest BCUT2D eigenvalue weighted by molar-refractivity contribution is 5.81. The van der Waals surface area contributed by atoms with Crippen LogP contribution in [0.15, 0.2) is 47.3 Å². The molecule has 5 nitrogen and oxygen atoms in total. The molecule has 2 aromatic carbocycles. The fourth-order valence-electron chi connectivity index (χ4n) is 4.50. The molecule has 0 radical (unpaired) electrons. The number of alkyl halides is 3. The van der Waals surface area contributed by atoms with Crippen LogP contribution in [-0.2, 0) is 6.54 Å². The minimum atomic E-state index is -4.45. The fourth-order valence-corrected chi connectivity index (χ4v) is 4.50. The number of piperidine rings is 1. The summed E-state index contributed by atoms with van der Waals surface area (Å²) in [4.78, 5) is 20.8. The van der Waals surface area contributed by atoms with Crippen molar-refractivity contribution in [1.82, 2.24) is 14.5 Å². The van der Waals surface area contributed by atoms with E-state index in [0.717, 1.165) is 43.6 Å². The standard InChI is InChI=1S/C25H28F3N3O2/c1-3-30-12-6-8-18(14-30)15-31-23(20-9-5-4-7-17(20)2)29-22-11-10-19(13-21(22)24(31)32)33-16-25(26,27)28/h4-5,7,9-11,13,18H,3,6,8,12,14-16H2,1-2H3/t18-/m0/s1. The monoisotopic (exact) mass is 459 g/mol. The lowest BCUT2D eigenvalue weighted by molar-refractivity contribution is -0.153. The van der Waals surface area contributed by atoms with Gasteiger partial charge in [0.25, 0.3) is 5.56 Å². The average molecular weight is 460 g/mol. The Labute approximate surface area is 190 Å². The Bertz CT molecular complexity index is 1190. The van der Waals surface area contributed by atoms with Crippen LogP contribution in [0.4, 0.5) is 13.2 Å². The molecule has 0 spiro atoms. The van der Waals surface area contributed by atoms with Crippen molar-refractivity contribution >= 4 is 10.9 Å². The first-order valence-electron chi connectivity index (χ1n) is 11.3. The molecule has 33 heavy (non-hydrogen) atoms. The molecule has 0 saturated carbocycles. The van der Waals surface area contributed by atoms with Crippen molar-refractivity contribution in [3.8, 4) is 17.1 Å².